The van der Waals surface area contributed by atoms with Gasteiger partial charge in [0.25, 0.3) is 0 Å². The Labute approximate surface area is 295 Å². The van der Waals surface area contributed by atoms with E-state index >= 15 is 0 Å². The van der Waals surface area contributed by atoms with Crippen molar-refractivity contribution in [2.75, 3.05) is 32.7 Å². The van der Waals surface area contributed by atoms with Gasteiger partial charge in [-0.2, -0.15) is 26.3 Å². The van der Waals surface area contributed by atoms with Gasteiger partial charge in [0.2, 0.25) is 11.5 Å². The van der Waals surface area contributed by atoms with Crippen molar-refractivity contribution in [3.63, 3.8) is 0 Å². The van der Waals surface area contributed by atoms with Gasteiger partial charge in [0.15, 0.2) is 0 Å². The summed E-state index contributed by atoms with van der Waals surface area (Å²) in [6.07, 6.45) is -2.32. The molecule has 51 heavy (non-hydrogen) atoms. The van der Waals surface area contributed by atoms with E-state index in [1.807, 2.05) is 24.3 Å². The number of nitrogens with zero attached hydrogens (tertiary/aromatic N) is 1. The van der Waals surface area contributed by atoms with Crippen LogP contribution in [0.5, 0.6) is 5.75 Å². The van der Waals surface area contributed by atoms with Gasteiger partial charge in [-0.3, -0.25) is 19.2 Å². The van der Waals surface area contributed by atoms with E-state index in [9.17, 15) is 50.6 Å². The van der Waals surface area contributed by atoms with Crippen molar-refractivity contribution >= 4 is 40.0 Å². The number of alkyl halides is 6. The van der Waals surface area contributed by atoms with Crippen LogP contribution in [0.25, 0.3) is 10.9 Å². The minimum Gasteiger partial charge on any atom is -0.506 e. The number of carbonyl (C=O) groups excluding carboxylic acids is 3. The van der Waals surface area contributed by atoms with Crippen LogP contribution in [0, 0.1) is 0 Å². The number of rotatable bonds is 14. The normalized spacial score (nSPS) is 14.0. The lowest BCUT2D eigenvalue weighted by molar-refractivity contribution is -0.193. The van der Waals surface area contributed by atoms with Crippen molar-refractivity contribution in [3.8, 4) is 5.75 Å². The van der Waals surface area contributed by atoms with Crippen molar-refractivity contribution in [3.05, 3.63) is 75.0 Å². The summed E-state index contributed by atoms with van der Waals surface area (Å²) in [6.45, 7) is 3.67. The number of carbonyl (C=O) groups is 3. The highest BCUT2D eigenvalue weighted by atomic mass is 35.5. The molecule has 1 aliphatic carbocycles. The van der Waals surface area contributed by atoms with Gasteiger partial charge in [-0.15, -0.1) is 0 Å². The molecule has 2 aromatic carbocycles. The number of aromatic nitrogens is 1. The number of aromatic amines is 1. The Balaban J connectivity index is 0.000000501. The van der Waals surface area contributed by atoms with Crippen molar-refractivity contribution in [1.82, 2.24) is 20.5 Å². The lowest BCUT2D eigenvalue weighted by atomic mass is 10.0. The first-order valence-corrected chi connectivity index (χ1v) is 17.0. The van der Waals surface area contributed by atoms with Crippen LogP contribution in [0.1, 0.15) is 56.1 Å². The molecule has 4 N–H and O–H groups in total. The van der Waals surface area contributed by atoms with Gasteiger partial charge in [0.05, 0.1) is 5.52 Å². The van der Waals surface area contributed by atoms with Crippen LogP contribution in [0.15, 0.2) is 53.3 Å². The summed E-state index contributed by atoms with van der Waals surface area (Å²) in [6, 6.07) is 15.0. The minimum absolute atomic E-state index is 0.0796. The predicted octanol–water partition coefficient (Wildman–Crippen LogP) is 6.04. The molecule has 0 aliphatic heterocycles. The van der Waals surface area contributed by atoms with E-state index in [1.54, 1.807) is 12.1 Å². The van der Waals surface area contributed by atoms with E-state index in [0.29, 0.717) is 31.1 Å². The van der Waals surface area contributed by atoms with Gasteiger partial charge in [0.1, 0.15) is 5.75 Å². The molecular weight excluding hydrogens is 706 g/mol. The number of phenols is 1. The van der Waals surface area contributed by atoms with Crippen molar-refractivity contribution in [1.29, 1.82) is 0 Å². The number of aromatic hydroxyl groups is 1. The second-order valence-electron chi connectivity index (χ2n) is 12.1. The second kappa shape index (κ2) is 19.6. The number of amides is 1. The Kier molecular flexibility index (Phi) is 15.9. The number of fused-ring (bicyclic) bond motifs is 1. The van der Waals surface area contributed by atoms with Crippen molar-refractivity contribution < 1.29 is 45.8 Å². The first kappa shape index (κ1) is 41.5. The van der Waals surface area contributed by atoms with Gasteiger partial charge in [0, 0.05) is 48.6 Å². The standard InChI is InChI=1S/C31H41ClN4O3.C4F6O2/c32-25-7-5-6-23(22-25)14-17-33-19-16-30(39)36(26-8-3-1-2-4-9-26)21-20-34-18-15-24-10-12-28(37)31-27(24)11-13-29(38)35-31;5-3(6,7)1(11)2(12)4(8,9)10/h5-7,10-13,22,26,33-34,37H,1-4,8-9,14-21H2,(H,35,38);. The molecule has 4 rings (SSSR count). The summed E-state index contributed by atoms with van der Waals surface area (Å²) in [5.74, 6) is -6.51. The number of halogens is 7. The highest BCUT2D eigenvalue weighted by Crippen LogP contribution is 2.26. The van der Waals surface area contributed by atoms with Crippen LogP contribution >= 0.6 is 11.6 Å². The third-order valence-electron chi connectivity index (χ3n) is 8.37. The molecule has 280 valence electrons. The maximum Gasteiger partial charge on any atom is 0.458 e. The van der Waals surface area contributed by atoms with Gasteiger partial charge in [-0.1, -0.05) is 55.5 Å². The number of ketones is 2. The maximum absolute atomic E-state index is 13.3. The Morgan fingerprint density at radius 3 is 2.08 bits per heavy atom. The van der Waals surface area contributed by atoms with Gasteiger partial charge >= 0.3 is 23.9 Å². The minimum atomic E-state index is -5.77. The summed E-state index contributed by atoms with van der Waals surface area (Å²) in [5.41, 5.74) is 2.51. The molecular formula is C35H41ClF6N4O5. The molecule has 1 heterocycles. The summed E-state index contributed by atoms with van der Waals surface area (Å²) in [5, 5.41) is 18.7. The predicted molar refractivity (Wildman–Crippen MR) is 181 cm³/mol. The zero-order chi connectivity index (χ0) is 37.6. The largest absolute Gasteiger partial charge is 0.506 e. The lowest BCUT2D eigenvalue weighted by Gasteiger charge is -2.32. The van der Waals surface area contributed by atoms with Crippen LogP contribution < -0.4 is 16.2 Å². The fourth-order valence-corrected chi connectivity index (χ4v) is 6.00. The zero-order valence-electron chi connectivity index (χ0n) is 27.8. The number of benzene rings is 2. The summed E-state index contributed by atoms with van der Waals surface area (Å²) in [7, 11) is 0. The SMILES string of the molecule is O=C(C(=O)C(F)(F)F)C(F)(F)F.O=C(CCNCCc1cccc(Cl)c1)N(CCNCCc1ccc(O)c2[nH]c(=O)ccc12)C1CCCCCC1. The summed E-state index contributed by atoms with van der Waals surface area (Å²) < 4.78 is 67.0. The molecule has 0 unspecified atom stereocenters. The molecule has 1 saturated carbocycles. The first-order chi connectivity index (χ1) is 24.1. The van der Waals surface area contributed by atoms with Crippen LogP contribution in [0.2, 0.25) is 5.02 Å². The maximum atomic E-state index is 13.3. The Morgan fingerprint density at radius 1 is 0.824 bits per heavy atom. The monoisotopic (exact) mass is 746 g/mol. The van der Waals surface area contributed by atoms with Gasteiger partial charge in [-0.25, -0.2) is 0 Å². The van der Waals surface area contributed by atoms with Crippen LogP contribution in [-0.2, 0) is 27.2 Å². The van der Waals surface area contributed by atoms with Crippen LogP contribution in [0.3, 0.4) is 0 Å². The molecule has 0 spiro atoms. The third-order valence-corrected chi connectivity index (χ3v) is 8.60. The van der Waals surface area contributed by atoms with E-state index in [1.165, 1.54) is 37.3 Å². The van der Waals surface area contributed by atoms with Crippen molar-refractivity contribution in [2.24, 2.45) is 0 Å². The summed E-state index contributed by atoms with van der Waals surface area (Å²) in [4.78, 5) is 49.1. The second-order valence-corrected chi connectivity index (χ2v) is 12.6. The average molecular weight is 747 g/mol. The molecule has 1 aliphatic rings. The molecule has 0 saturated heterocycles. The highest BCUT2D eigenvalue weighted by molar-refractivity contribution is 6.41. The van der Waals surface area contributed by atoms with E-state index in [2.05, 4.69) is 26.6 Å². The number of nitrogens with one attached hydrogen (secondary N) is 3. The quantitative estimate of drug-likeness (QED) is 0.0685. The Hall–Kier alpha value is -3.95. The molecule has 0 radical (unpaired) electrons. The number of phenolic OH excluding ortho intramolecular Hbond substituents is 1. The average Bonchev–Trinajstić information content (AvgIpc) is 3.35. The molecule has 1 fully saturated rings. The van der Waals surface area contributed by atoms with Crippen molar-refractivity contribution in [2.45, 2.75) is 76.2 Å². The van der Waals surface area contributed by atoms with Crippen LogP contribution in [-0.4, -0.2) is 83.6 Å². The molecule has 1 aromatic heterocycles. The molecule has 9 nitrogen and oxygen atoms in total. The topological polar surface area (TPSA) is 132 Å². The molecule has 1 amide bonds. The first-order valence-electron chi connectivity index (χ1n) is 16.6. The number of hydrogen-bond donors (Lipinski definition) is 4. The lowest BCUT2D eigenvalue weighted by Crippen LogP contribution is -2.45. The van der Waals surface area contributed by atoms with E-state index in [0.717, 1.165) is 61.3 Å². The van der Waals surface area contributed by atoms with E-state index in [-0.39, 0.29) is 17.2 Å². The zero-order valence-corrected chi connectivity index (χ0v) is 28.5. The summed E-state index contributed by atoms with van der Waals surface area (Å²) >= 11 is 6.08. The fourth-order valence-electron chi connectivity index (χ4n) is 5.79. The molecule has 0 bridgehead atoms. The number of H-pyrrole nitrogens is 1. The molecule has 16 heteroatoms. The highest BCUT2D eigenvalue weighted by Gasteiger charge is 2.54. The third kappa shape index (κ3) is 13.6. The number of hydrogen-bond acceptors (Lipinski definition) is 7. The smallest absolute Gasteiger partial charge is 0.458 e. The molecule has 0 atom stereocenters. The Morgan fingerprint density at radius 2 is 1.45 bits per heavy atom. The van der Waals surface area contributed by atoms with Crippen LogP contribution in [0.4, 0.5) is 26.3 Å². The van der Waals surface area contributed by atoms with Gasteiger partial charge in [-0.05, 0) is 74.2 Å². The number of pyridine rings is 1. The Bertz CT molecular complexity index is 1650. The van der Waals surface area contributed by atoms with E-state index in [4.69, 9.17) is 11.6 Å². The molecule has 3 aromatic rings. The van der Waals surface area contributed by atoms with E-state index < -0.39 is 23.9 Å². The fraction of sp³-hybridized carbons (Fsp3) is 0.486. The number of Topliss-reactive ketones (excluding diaryl/α,β-unsaturated/α-hetero) is 2. The van der Waals surface area contributed by atoms with Gasteiger partial charge < -0.3 is 25.6 Å².